The molecule has 0 radical (unpaired) electrons. The number of carboxylic acid groups (broad SMARTS) is 1. The average molecular weight is 585 g/mol. The highest BCUT2D eigenvalue weighted by Gasteiger charge is 2.17. The molecule has 5 rings (SSSR count). The van der Waals surface area contributed by atoms with Crippen molar-refractivity contribution in [1.82, 2.24) is 4.98 Å². The third-order valence-electron chi connectivity index (χ3n) is 7.16. The number of carbonyl (C=O) groups is 1. The molecule has 0 aliphatic heterocycles. The zero-order valence-electron chi connectivity index (χ0n) is 23.6. The molecule has 3 aromatic carbocycles. The Kier molecular flexibility index (Phi) is 9.70. The van der Waals surface area contributed by atoms with Crippen LogP contribution in [0.15, 0.2) is 84.9 Å². The van der Waals surface area contributed by atoms with Gasteiger partial charge in [-0.3, -0.25) is 4.79 Å². The maximum absolute atomic E-state index is 11.6. The van der Waals surface area contributed by atoms with Crippen molar-refractivity contribution in [2.45, 2.75) is 58.6 Å². The number of rotatable bonds is 14. The summed E-state index contributed by atoms with van der Waals surface area (Å²) in [6, 6.07) is 29.2. The van der Waals surface area contributed by atoms with Crippen LogP contribution in [-0.4, -0.2) is 22.6 Å². The molecular weight excluding hydrogens is 549 g/mol. The molecule has 7 heteroatoms. The Balaban J connectivity index is 1.20. The predicted molar refractivity (Wildman–Crippen MR) is 171 cm³/mol. The number of aromatic nitrogens is 1. The zero-order valence-corrected chi connectivity index (χ0v) is 25.2. The van der Waals surface area contributed by atoms with Crippen LogP contribution < -0.4 is 9.64 Å². The van der Waals surface area contributed by atoms with Crippen molar-refractivity contribution in [3.05, 3.63) is 101 Å². The highest BCUT2D eigenvalue weighted by atomic mass is 32.1. The van der Waals surface area contributed by atoms with Gasteiger partial charge in [-0.15, -0.1) is 11.3 Å². The monoisotopic (exact) mass is 584 g/mol. The quantitative estimate of drug-likeness (QED) is 0.141. The van der Waals surface area contributed by atoms with E-state index >= 15 is 0 Å². The van der Waals surface area contributed by atoms with Crippen molar-refractivity contribution in [1.29, 1.82) is 0 Å². The summed E-state index contributed by atoms with van der Waals surface area (Å²) in [4.78, 5) is 20.4. The molecule has 0 atom stereocenters. The summed E-state index contributed by atoms with van der Waals surface area (Å²) in [6.45, 7) is 5.44. The van der Waals surface area contributed by atoms with Crippen LogP contribution in [0.2, 0.25) is 0 Å². The van der Waals surface area contributed by atoms with Crippen molar-refractivity contribution in [3.63, 3.8) is 0 Å². The fourth-order valence-corrected chi connectivity index (χ4v) is 7.09. The van der Waals surface area contributed by atoms with Crippen LogP contribution in [0, 0.1) is 0 Å². The minimum Gasteiger partial charge on any atom is -0.489 e. The minimum absolute atomic E-state index is 0.0947. The molecule has 0 saturated heterocycles. The van der Waals surface area contributed by atoms with Gasteiger partial charge < -0.3 is 14.7 Å². The number of aliphatic carboxylic acids is 1. The minimum atomic E-state index is -0.869. The second kappa shape index (κ2) is 13.8. The van der Waals surface area contributed by atoms with Gasteiger partial charge in [-0.05, 0) is 71.8 Å². The smallest absolute Gasteiger partial charge is 0.323 e. The van der Waals surface area contributed by atoms with Gasteiger partial charge in [-0.2, -0.15) is 0 Å². The number of fused-ring (bicyclic) bond motifs is 1. The highest BCUT2D eigenvalue weighted by molar-refractivity contribution is 7.22. The van der Waals surface area contributed by atoms with E-state index in [-0.39, 0.29) is 6.54 Å². The maximum Gasteiger partial charge on any atom is 0.323 e. The van der Waals surface area contributed by atoms with Gasteiger partial charge in [0, 0.05) is 9.75 Å². The molecule has 0 amide bonds. The third kappa shape index (κ3) is 7.54. The molecule has 0 saturated carbocycles. The Morgan fingerprint density at radius 3 is 2.32 bits per heavy atom. The lowest BCUT2D eigenvalue weighted by Gasteiger charge is -2.18. The average Bonchev–Trinajstić information content (AvgIpc) is 3.63. The number of carboxylic acids is 1. The van der Waals surface area contributed by atoms with Gasteiger partial charge in [-0.25, -0.2) is 4.98 Å². The lowest BCUT2D eigenvalue weighted by Crippen LogP contribution is -2.28. The summed E-state index contributed by atoms with van der Waals surface area (Å²) in [5, 5.41) is 10.3. The SMILES string of the molecule is CCCC(CCC)c1ccc(OCc2ccc(-c3ccc(CN(CC(=O)O)c4nc5ccccc5s4)s3)cc2)cc1. The molecule has 0 aliphatic rings. The van der Waals surface area contributed by atoms with Crippen LogP contribution in [0.25, 0.3) is 20.7 Å². The van der Waals surface area contributed by atoms with E-state index in [1.807, 2.05) is 29.2 Å². The standard InChI is InChI=1S/C34H36N2O3S2/c1-3-7-25(8-4-2)26-15-17-28(18-16-26)39-23-24-11-13-27(14-12-24)31-20-19-29(40-31)21-36(22-33(37)38)34-35-30-9-5-6-10-32(30)41-34/h5-6,9-20,25H,3-4,7-8,21-23H2,1-2H3,(H,37,38). The largest absolute Gasteiger partial charge is 0.489 e. The van der Waals surface area contributed by atoms with E-state index in [9.17, 15) is 9.90 Å². The Labute approximate surface area is 250 Å². The first-order valence-corrected chi connectivity index (χ1v) is 15.9. The van der Waals surface area contributed by atoms with Crippen molar-refractivity contribution in [3.8, 4) is 16.2 Å². The summed E-state index contributed by atoms with van der Waals surface area (Å²) >= 11 is 3.20. The fourth-order valence-electron chi connectivity index (χ4n) is 5.10. The number of para-hydroxylation sites is 1. The number of hydrogen-bond acceptors (Lipinski definition) is 6. The van der Waals surface area contributed by atoms with Crippen molar-refractivity contribution in [2.24, 2.45) is 0 Å². The van der Waals surface area contributed by atoms with E-state index in [0.29, 0.717) is 19.1 Å². The number of benzene rings is 3. The topological polar surface area (TPSA) is 62.7 Å². The summed E-state index contributed by atoms with van der Waals surface area (Å²) in [6.07, 6.45) is 4.88. The number of thiophene rings is 1. The summed E-state index contributed by atoms with van der Waals surface area (Å²) < 4.78 is 7.13. The van der Waals surface area contributed by atoms with Crippen LogP contribution in [0.4, 0.5) is 5.13 Å². The van der Waals surface area contributed by atoms with Gasteiger partial charge in [0.05, 0.1) is 16.8 Å². The number of thiazole rings is 1. The first-order valence-electron chi connectivity index (χ1n) is 14.3. The molecule has 0 fully saturated rings. The molecule has 2 heterocycles. The van der Waals surface area contributed by atoms with Crippen molar-refractivity contribution in [2.75, 3.05) is 11.4 Å². The van der Waals surface area contributed by atoms with Gasteiger partial charge in [-0.1, -0.05) is 86.6 Å². The molecule has 1 N–H and O–H groups in total. The summed E-state index contributed by atoms with van der Waals surface area (Å²) in [5.41, 5.74) is 4.56. The molecule has 2 aromatic heterocycles. The van der Waals surface area contributed by atoms with Crippen molar-refractivity contribution >= 4 is 44.0 Å². The van der Waals surface area contributed by atoms with Gasteiger partial charge in [0.2, 0.25) is 0 Å². The zero-order chi connectivity index (χ0) is 28.6. The van der Waals surface area contributed by atoms with Crippen LogP contribution in [0.3, 0.4) is 0 Å². The molecular formula is C34H36N2O3S2. The molecule has 0 bridgehead atoms. The highest BCUT2D eigenvalue weighted by Crippen LogP contribution is 2.33. The maximum atomic E-state index is 11.6. The Bertz CT molecular complexity index is 1520. The normalized spacial score (nSPS) is 11.3. The predicted octanol–water partition coefficient (Wildman–Crippen LogP) is 9.38. The Morgan fingerprint density at radius 2 is 1.63 bits per heavy atom. The van der Waals surface area contributed by atoms with Crippen LogP contribution in [-0.2, 0) is 17.9 Å². The second-order valence-corrected chi connectivity index (χ2v) is 12.5. The van der Waals surface area contributed by atoms with Gasteiger partial charge in [0.25, 0.3) is 0 Å². The molecule has 0 unspecified atom stereocenters. The van der Waals surface area contributed by atoms with Gasteiger partial charge >= 0.3 is 5.97 Å². The van der Waals surface area contributed by atoms with Crippen LogP contribution in [0.5, 0.6) is 5.75 Å². The van der Waals surface area contributed by atoms with Crippen LogP contribution in [0.1, 0.15) is 61.5 Å². The fraction of sp³-hybridized carbons (Fsp3) is 0.294. The number of anilines is 1. The van der Waals surface area contributed by atoms with Crippen molar-refractivity contribution < 1.29 is 14.6 Å². The third-order valence-corrected chi connectivity index (χ3v) is 9.37. The molecule has 0 aliphatic carbocycles. The first-order chi connectivity index (χ1) is 20.0. The Morgan fingerprint density at radius 1 is 0.902 bits per heavy atom. The lowest BCUT2D eigenvalue weighted by atomic mass is 9.90. The number of nitrogens with zero attached hydrogens (tertiary/aromatic N) is 2. The molecule has 5 nitrogen and oxygen atoms in total. The van der Waals surface area contributed by atoms with E-state index in [2.05, 4.69) is 79.5 Å². The van der Waals surface area contributed by atoms with E-state index in [1.54, 1.807) is 11.3 Å². The second-order valence-electron chi connectivity index (χ2n) is 10.3. The number of hydrogen-bond donors (Lipinski definition) is 1. The van der Waals surface area contributed by atoms with Gasteiger partial charge in [0.15, 0.2) is 5.13 Å². The number of ether oxygens (including phenoxy) is 1. The van der Waals surface area contributed by atoms with Crippen LogP contribution >= 0.6 is 22.7 Å². The molecule has 0 spiro atoms. The van der Waals surface area contributed by atoms with E-state index in [0.717, 1.165) is 42.0 Å². The summed E-state index contributed by atoms with van der Waals surface area (Å²) in [5.74, 6) is 0.663. The molecule has 5 aromatic rings. The Hall–Kier alpha value is -3.68. The summed E-state index contributed by atoms with van der Waals surface area (Å²) in [7, 11) is 0. The molecule has 41 heavy (non-hydrogen) atoms. The van der Waals surface area contributed by atoms with Gasteiger partial charge in [0.1, 0.15) is 18.9 Å². The van der Waals surface area contributed by atoms with E-state index in [1.165, 1.54) is 42.6 Å². The molecule has 212 valence electrons. The lowest BCUT2D eigenvalue weighted by molar-refractivity contribution is -0.135. The van der Waals surface area contributed by atoms with E-state index in [4.69, 9.17) is 4.74 Å². The van der Waals surface area contributed by atoms with E-state index < -0.39 is 5.97 Å². The first kappa shape index (κ1) is 28.8.